The van der Waals surface area contributed by atoms with E-state index in [2.05, 4.69) is 21.5 Å². The highest BCUT2D eigenvalue weighted by atomic mass is 32.2. The maximum Gasteiger partial charge on any atom is 0.344 e. The van der Waals surface area contributed by atoms with Gasteiger partial charge in [-0.3, -0.25) is 4.79 Å². The van der Waals surface area contributed by atoms with Crippen LogP contribution in [-0.4, -0.2) is 40.2 Å². The van der Waals surface area contributed by atoms with Crippen LogP contribution in [0.1, 0.15) is 19.5 Å². The SMILES string of the molecule is C=CCn1c(=O)c2cnc([S+](C)[O-])nc2n1-c1cccc(C(C)(C)O)n1. The Hall–Kier alpha value is -2.49. The van der Waals surface area contributed by atoms with Crippen LogP contribution in [0.5, 0.6) is 0 Å². The molecule has 0 aliphatic rings. The quantitative estimate of drug-likeness (QED) is 0.408. The average molecular weight is 373 g/mol. The van der Waals surface area contributed by atoms with Gasteiger partial charge in [0.05, 0.1) is 18.4 Å². The molecule has 0 saturated heterocycles. The van der Waals surface area contributed by atoms with Crippen LogP contribution in [0.2, 0.25) is 0 Å². The molecule has 0 fully saturated rings. The summed E-state index contributed by atoms with van der Waals surface area (Å²) in [5.74, 6) is 0.408. The second-order valence-corrected chi connectivity index (χ2v) is 7.55. The molecular weight excluding hydrogens is 354 g/mol. The maximum absolute atomic E-state index is 12.7. The van der Waals surface area contributed by atoms with Crippen molar-refractivity contribution >= 4 is 22.2 Å². The zero-order chi connectivity index (χ0) is 19.1. The fourth-order valence-corrected chi connectivity index (χ4v) is 2.97. The van der Waals surface area contributed by atoms with Crippen LogP contribution in [0.15, 0.2) is 47.0 Å². The maximum atomic E-state index is 12.7. The minimum atomic E-state index is -1.40. The molecule has 3 heterocycles. The van der Waals surface area contributed by atoms with Crippen molar-refractivity contribution in [2.75, 3.05) is 6.26 Å². The molecular formula is C17H19N5O3S. The van der Waals surface area contributed by atoms with Gasteiger partial charge in [-0.2, -0.15) is 9.97 Å². The van der Waals surface area contributed by atoms with Crippen LogP contribution in [0, 0.1) is 0 Å². The molecule has 26 heavy (non-hydrogen) atoms. The van der Waals surface area contributed by atoms with Crippen molar-refractivity contribution in [1.82, 2.24) is 24.3 Å². The van der Waals surface area contributed by atoms with Crippen molar-refractivity contribution in [2.45, 2.75) is 31.1 Å². The number of rotatable bonds is 5. The molecule has 1 unspecified atom stereocenters. The average Bonchev–Trinajstić information content (AvgIpc) is 2.86. The molecule has 1 N–H and O–H groups in total. The predicted octanol–water partition coefficient (Wildman–Crippen LogP) is 1.13. The van der Waals surface area contributed by atoms with Crippen LogP contribution in [0.3, 0.4) is 0 Å². The van der Waals surface area contributed by atoms with Gasteiger partial charge in [-0.25, -0.2) is 14.3 Å². The Morgan fingerprint density at radius 1 is 1.38 bits per heavy atom. The Bertz CT molecular complexity index is 1030. The summed E-state index contributed by atoms with van der Waals surface area (Å²) in [4.78, 5) is 25.5. The van der Waals surface area contributed by atoms with Crippen LogP contribution >= 0.6 is 0 Å². The van der Waals surface area contributed by atoms with Gasteiger partial charge in [0.1, 0.15) is 17.2 Å². The first-order valence-electron chi connectivity index (χ1n) is 7.87. The van der Waals surface area contributed by atoms with E-state index >= 15 is 0 Å². The number of fused-ring (bicyclic) bond motifs is 1. The number of allylic oxidation sites excluding steroid dienone is 1. The van der Waals surface area contributed by atoms with E-state index in [-0.39, 0.29) is 22.6 Å². The number of aromatic nitrogens is 5. The second kappa shape index (κ2) is 6.67. The van der Waals surface area contributed by atoms with Crippen molar-refractivity contribution < 1.29 is 9.66 Å². The molecule has 0 spiro atoms. The molecule has 9 heteroatoms. The van der Waals surface area contributed by atoms with Crippen LogP contribution in [-0.2, 0) is 23.3 Å². The highest BCUT2D eigenvalue weighted by Gasteiger charge is 2.22. The Morgan fingerprint density at radius 3 is 2.73 bits per heavy atom. The van der Waals surface area contributed by atoms with Crippen molar-refractivity contribution in [1.29, 1.82) is 0 Å². The predicted molar refractivity (Wildman–Crippen MR) is 98.7 cm³/mol. The standard InChI is InChI=1S/C17H19N5O3S/c1-5-9-21-15(23)11-10-18-16(26(4)25)20-14(11)22(21)13-8-6-7-12(19-13)17(2,3)24/h5-8,10,24H,1,9H2,2-4H3. The number of pyridine rings is 1. The molecule has 0 saturated carbocycles. The number of aliphatic hydroxyl groups is 1. The third-order valence-electron chi connectivity index (χ3n) is 3.79. The molecule has 0 bridgehead atoms. The van der Waals surface area contributed by atoms with Gasteiger partial charge in [-0.05, 0) is 26.0 Å². The molecule has 3 rings (SSSR count). The van der Waals surface area contributed by atoms with Gasteiger partial charge < -0.3 is 9.66 Å². The van der Waals surface area contributed by atoms with Crippen molar-refractivity contribution in [2.24, 2.45) is 0 Å². The summed E-state index contributed by atoms with van der Waals surface area (Å²) < 4.78 is 14.7. The van der Waals surface area contributed by atoms with E-state index in [0.717, 1.165) is 0 Å². The van der Waals surface area contributed by atoms with Crippen LogP contribution in [0.4, 0.5) is 0 Å². The van der Waals surface area contributed by atoms with Gasteiger partial charge in [0.2, 0.25) is 0 Å². The van der Waals surface area contributed by atoms with E-state index < -0.39 is 16.8 Å². The van der Waals surface area contributed by atoms with Gasteiger partial charge in [-0.1, -0.05) is 12.1 Å². The monoisotopic (exact) mass is 373 g/mol. The molecule has 1 atom stereocenters. The number of hydrogen-bond donors (Lipinski definition) is 1. The van der Waals surface area contributed by atoms with Crippen molar-refractivity contribution in [3.8, 4) is 5.82 Å². The summed E-state index contributed by atoms with van der Waals surface area (Å²) in [6, 6.07) is 5.15. The summed E-state index contributed by atoms with van der Waals surface area (Å²) in [6.07, 6.45) is 4.43. The zero-order valence-electron chi connectivity index (χ0n) is 14.7. The number of nitrogens with zero attached hydrogens (tertiary/aromatic N) is 5. The fourth-order valence-electron chi connectivity index (χ4n) is 2.55. The first-order valence-corrected chi connectivity index (χ1v) is 9.43. The van der Waals surface area contributed by atoms with E-state index in [9.17, 15) is 14.5 Å². The first kappa shape index (κ1) is 18.3. The van der Waals surface area contributed by atoms with E-state index in [4.69, 9.17) is 0 Å². The molecule has 0 aliphatic heterocycles. The summed E-state index contributed by atoms with van der Waals surface area (Å²) in [7, 11) is 0. The molecule has 0 amide bonds. The summed E-state index contributed by atoms with van der Waals surface area (Å²) >= 11 is -1.40. The van der Waals surface area contributed by atoms with Gasteiger partial charge in [0.25, 0.3) is 5.56 Å². The lowest BCUT2D eigenvalue weighted by Gasteiger charge is -2.18. The normalized spacial score (nSPS) is 13.1. The minimum Gasteiger partial charge on any atom is -0.609 e. The third kappa shape index (κ3) is 3.16. The zero-order valence-corrected chi connectivity index (χ0v) is 15.5. The second-order valence-electron chi connectivity index (χ2n) is 6.27. The molecule has 3 aromatic rings. The van der Waals surface area contributed by atoms with E-state index in [1.54, 1.807) is 38.1 Å². The Kier molecular flexibility index (Phi) is 4.70. The molecule has 3 aromatic heterocycles. The summed E-state index contributed by atoms with van der Waals surface area (Å²) in [5, 5.41) is 10.7. The molecule has 0 aliphatic carbocycles. The summed E-state index contributed by atoms with van der Waals surface area (Å²) in [6.45, 7) is 7.18. The van der Waals surface area contributed by atoms with Crippen molar-refractivity contribution in [3.05, 3.63) is 53.1 Å². The lowest BCUT2D eigenvalue weighted by molar-refractivity contribution is 0.0738. The van der Waals surface area contributed by atoms with Gasteiger partial charge >= 0.3 is 5.16 Å². The van der Waals surface area contributed by atoms with Crippen LogP contribution < -0.4 is 5.56 Å². The first-order chi connectivity index (χ1) is 12.2. The third-order valence-corrected chi connectivity index (χ3v) is 4.50. The Labute approximate surface area is 153 Å². The lowest BCUT2D eigenvalue weighted by Crippen LogP contribution is -2.23. The summed E-state index contributed by atoms with van der Waals surface area (Å²) in [5.41, 5.74) is -0.697. The van der Waals surface area contributed by atoms with Crippen LogP contribution in [0.25, 0.3) is 16.9 Å². The minimum absolute atomic E-state index is 0.126. The Morgan fingerprint density at radius 2 is 2.12 bits per heavy atom. The van der Waals surface area contributed by atoms with Gasteiger partial charge in [0, 0.05) is 11.2 Å². The Balaban J connectivity index is 2.36. The van der Waals surface area contributed by atoms with Gasteiger partial charge in [-0.15, -0.1) is 6.58 Å². The highest BCUT2D eigenvalue weighted by Crippen LogP contribution is 2.20. The van der Waals surface area contributed by atoms with E-state index in [1.807, 2.05) is 0 Å². The topological polar surface area (TPSA) is 109 Å². The van der Waals surface area contributed by atoms with E-state index in [0.29, 0.717) is 17.2 Å². The molecule has 0 radical (unpaired) electrons. The van der Waals surface area contributed by atoms with Crippen molar-refractivity contribution in [3.63, 3.8) is 0 Å². The molecule has 0 aromatic carbocycles. The number of hydrogen-bond acceptors (Lipinski definition) is 6. The largest absolute Gasteiger partial charge is 0.609 e. The molecule has 8 nitrogen and oxygen atoms in total. The lowest BCUT2D eigenvalue weighted by atomic mass is 10.1. The smallest absolute Gasteiger partial charge is 0.344 e. The van der Waals surface area contributed by atoms with E-state index in [1.165, 1.54) is 21.8 Å². The fraction of sp³-hybridized carbons (Fsp3) is 0.294. The van der Waals surface area contributed by atoms with Gasteiger partial charge in [0.15, 0.2) is 11.5 Å². The highest BCUT2D eigenvalue weighted by molar-refractivity contribution is 7.90. The molecule has 136 valence electrons.